The van der Waals surface area contributed by atoms with Crippen molar-refractivity contribution in [2.24, 2.45) is 5.73 Å². The van der Waals surface area contributed by atoms with Crippen LogP contribution in [0.4, 0.5) is 4.39 Å². The van der Waals surface area contributed by atoms with E-state index in [9.17, 15) is 4.39 Å². The van der Waals surface area contributed by atoms with Crippen molar-refractivity contribution in [1.29, 1.82) is 0 Å². The van der Waals surface area contributed by atoms with Gasteiger partial charge in [0, 0.05) is 15.9 Å². The number of thiophene rings is 1. The lowest BCUT2D eigenvalue weighted by molar-refractivity contribution is 0.580. The van der Waals surface area contributed by atoms with Gasteiger partial charge in [0.2, 0.25) is 0 Å². The highest BCUT2D eigenvalue weighted by Crippen LogP contribution is 2.20. The van der Waals surface area contributed by atoms with Crippen LogP contribution in [0.3, 0.4) is 0 Å². The van der Waals surface area contributed by atoms with Crippen LogP contribution in [0.5, 0.6) is 0 Å². The molecule has 0 aliphatic heterocycles. The number of hydrogen-bond acceptors (Lipinski definition) is 2. The van der Waals surface area contributed by atoms with E-state index < -0.39 is 0 Å². The molecule has 1 unspecified atom stereocenters. The summed E-state index contributed by atoms with van der Waals surface area (Å²) in [6, 6.07) is 8.78. The fourth-order valence-electron chi connectivity index (χ4n) is 2.07. The summed E-state index contributed by atoms with van der Waals surface area (Å²) in [5.74, 6) is -0.306. The van der Waals surface area contributed by atoms with Gasteiger partial charge < -0.3 is 5.73 Å². The summed E-state index contributed by atoms with van der Waals surface area (Å²) in [6.45, 7) is 0. The SMILES string of the molecule is NC(CCCc1cccs1)Cc1ccc(F)cc1Cl. The third-order valence-corrected chi connectivity index (χ3v) is 4.36. The predicted molar refractivity (Wildman–Crippen MR) is 80.3 cm³/mol. The Bertz CT molecular complexity index is 513. The van der Waals surface area contributed by atoms with Gasteiger partial charge in [-0.05, 0) is 54.8 Å². The zero-order chi connectivity index (χ0) is 13.7. The number of hydrogen-bond donors (Lipinski definition) is 1. The van der Waals surface area contributed by atoms with Gasteiger partial charge in [0.15, 0.2) is 0 Å². The van der Waals surface area contributed by atoms with Gasteiger partial charge in [0.05, 0.1) is 0 Å². The molecule has 1 aromatic carbocycles. The quantitative estimate of drug-likeness (QED) is 0.838. The molecule has 2 rings (SSSR count). The van der Waals surface area contributed by atoms with Crippen LogP contribution < -0.4 is 5.73 Å². The summed E-state index contributed by atoms with van der Waals surface area (Å²) in [7, 11) is 0. The Hall–Kier alpha value is -0.900. The first-order chi connectivity index (χ1) is 9.15. The molecule has 1 nitrogen and oxygen atoms in total. The third kappa shape index (κ3) is 4.60. The van der Waals surface area contributed by atoms with Crippen molar-refractivity contribution in [2.45, 2.75) is 31.7 Å². The van der Waals surface area contributed by atoms with E-state index in [0.29, 0.717) is 11.4 Å². The van der Waals surface area contributed by atoms with Crippen LogP contribution in [0, 0.1) is 5.82 Å². The number of halogens is 2. The van der Waals surface area contributed by atoms with Gasteiger partial charge in [0.1, 0.15) is 5.82 Å². The molecule has 1 heterocycles. The molecule has 4 heteroatoms. The van der Waals surface area contributed by atoms with Crippen LogP contribution in [-0.4, -0.2) is 6.04 Å². The maximum atomic E-state index is 12.9. The zero-order valence-corrected chi connectivity index (χ0v) is 12.2. The minimum Gasteiger partial charge on any atom is -0.327 e. The minimum atomic E-state index is -0.306. The summed E-state index contributed by atoms with van der Waals surface area (Å²) < 4.78 is 12.9. The molecule has 0 aliphatic carbocycles. The molecule has 0 bridgehead atoms. The van der Waals surface area contributed by atoms with Gasteiger partial charge in [-0.15, -0.1) is 11.3 Å². The average molecular weight is 298 g/mol. The lowest BCUT2D eigenvalue weighted by Crippen LogP contribution is -2.23. The highest BCUT2D eigenvalue weighted by molar-refractivity contribution is 7.09. The Balaban J connectivity index is 1.79. The second-order valence-electron chi connectivity index (χ2n) is 4.67. The van der Waals surface area contributed by atoms with E-state index in [1.807, 2.05) is 0 Å². The fraction of sp³-hybridized carbons (Fsp3) is 0.333. The second kappa shape index (κ2) is 7.04. The van der Waals surface area contributed by atoms with Gasteiger partial charge in [-0.25, -0.2) is 4.39 Å². The van der Waals surface area contributed by atoms with Gasteiger partial charge >= 0.3 is 0 Å². The molecule has 1 atom stereocenters. The molecule has 0 aliphatic rings. The van der Waals surface area contributed by atoms with Crippen molar-refractivity contribution >= 4 is 22.9 Å². The van der Waals surface area contributed by atoms with Crippen molar-refractivity contribution < 1.29 is 4.39 Å². The van der Waals surface area contributed by atoms with Gasteiger partial charge in [-0.3, -0.25) is 0 Å². The summed E-state index contributed by atoms with van der Waals surface area (Å²) in [5, 5.41) is 2.56. The molecule has 0 saturated carbocycles. The van der Waals surface area contributed by atoms with Crippen molar-refractivity contribution in [3.63, 3.8) is 0 Å². The largest absolute Gasteiger partial charge is 0.327 e. The van der Waals surface area contributed by atoms with Crippen molar-refractivity contribution in [1.82, 2.24) is 0 Å². The van der Waals surface area contributed by atoms with Gasteiger partial charge in [-0.1, -0.05) is 23.7 Å². The Labute approximate surface area is 122 Å². The Kier molecular flexibility index (Phi) is 5.37. The Morgan fingerprint density at radius 2 is 2.16 bits per heavy atom. The lowest BCUT2D eigenvalue weighted by Gasteiger charge is -2.12. The van der Waals surface area contributed by atoms with Crippen LogP contribution in [0.15, 0.2) is 35.7 Å². The van der Waals surface area contributed by atoms with Crippen LogP contribution in [0.2, 0.25) is 5.02 Å². The fourth-order valence-corrected chi connectivity index (χ4v) is 3.06. The first kappa shape index (κ1) is 14.5. The Morgan fingerprint density at radius 1 is 1.32 bits per heavy atom. The summed E-state index contributed by atoms with van der Waals surface area (Å²) in [5.41, 5.74) is 7.03. The molecule has 19 heavy (non-hydrogen) atoms. The van der Waals surface area contributed by atoms with Crippen molar-refractivity contribution in [3.8, 4) is 0 Å². The van der Waals surface area contributed by atoms with Crippen LogP contribution in [0.1, 0.15) is 23.3 Å². The standard InChI is InChI=1S/C15H17ClFNS/c16-15-10-12(17)7-6-11(15)9-13(18)3-1-4-14-5-2-8-19-14/h2,5-8,10,13H,1,3-4,9,18H2. The third-order valence-electron chi connectivity index (χ3n) is 3.08. The topological polar surface area (TPSA) is 26.0 Å². The average Bonchev–Trinajstić information content (AvgIpc) is 2.86. The maximum Gasteiger partial charge on any atom is 0.124 e. The number of aryl methyl sites for hydroxylation is 1. The zero-order valence-electron chi connectivity index (χ0n) is 10.6. The monoisotopic (exact) mass is 297 g/mol. The van der Waals surface area contributed by atoms with Crippen molar-refractivity contribution in [3.05, 3.63) is 57.0 Å². The maximum absolute atomic E-state index is 12.9. The molecule has 102 valence electrons. The van der Waals surface area contributed by atoms with Gasteiger partial charge in [0.25, 0.3) is 0 Å². The highest BCUT2D eigenvalue weighted by atomic mass is 35.5. The van der Waals surface area contributed by atoms with E-state index in [-0.39, 0.29) is 11.9 Å². The van der Waals surface area contributed by atoms with Crippen LogP contribution in [-0.2, 0) is 12.8 Å². The van der Waals surface area contributed by atoms with E-state index in [4.69, 9.17) is 17.3 Å². The van der Waals surface area contributed by atoms with Crippen LogP contribution in [0.25, 0.3) is 0 Å². The van der Waals surface area contributed by atoms with Gasteiger partial charge in [-0.2, -0.15) is 0 Å². The molecule has 0 fully saturated rings. The predicted octanol–water partition coefficient (Wildman–Crippen LogP) is 4.43. The number of nitrogens with two attached hydrogens (primary N) is 1. The first-order valence-corrected chi connectivity index (χ1v) is 7.63. The first-order valence-electron chi connectivity index (χ1n) is 6.37. The molecular weight excluding hydrogens is 281 g/mol. The van der Waals surface area contributed by atoms with Crippen LogP contribution >= 0.6 is 22.9 Å². The molecular formula is C15H17ClFNS. The molecule has 0 saturated heterocycles. The normalized spacial score (nSPS) is 12.6. The highest BCUT2D eigenvalue weighted by Gasteiger charge is 2.08. The number of benzene rings is 1. The van der Waals surface area contributed by atoms with E-state index in [2.05, 4.69) is 17.5 Å². The molecule has 0 amide bonds. The van der Waals surface area contributed by atoms with E-state index in [1.54, 1.807) is 17.4 Å². The smallest absolute Gasteiger partial charge is 0.124 e. The molecule has 2 N–H and O–H groups in total. The molecule has 0 spiro atoms. The summed E-state index contributed by atoms with van der Waals surface area (Å²) in [4.78, 5) is 1.40. The van der Waals surface area contributed by atoms with E-state index in [1.165, 1.54) is 17.0 Å². The Morgan fingerprint density at radius 3 is 2.84 bits per heavy atom. The second-order valence-corrected chi connectivity index (χ2v) is 6.11. The molecule has 1 aromatic heterocycles. The lowest BCUT2D eigenvalue weighted by atomic mass is 10.0. The van der Waals surface area contributed by atoms with E-state index >= 15 is 0 Å². The van der Waals surface area contributed by atoms with E-state index in [0.717, 1.165) is 24.8 Å². The number of rotatable bonds is 6. The summed E-state index contributed by atoms with van der Waals surface area (Å²) in [6.07, 6.45) is 3.79. The molecule has 0 radical (unpaired) electrons. The summed E-state index contributed by atoms with van der Waals surface area (Å²) >= 11 is 7.77. The minimum absolute atomic E-state index is 0.0722. The molecule has 2 aromatic rings. The van der Waals surface area contributed by atoms with Crippen molar-refractivity contribution in [2.75, 3.05) is 0 Å².